The Kier molecular flexibility index (Phi) is 6.50. The fourth-order valence-electron chi connectivity index (χ4n) is 3.85. The molecule has 3 aromatic heterocycles. The third kappa shape index (κ3) is 4.90. The molecule has 1 aliphatic heterocycles. The molecule has 1 saturated heterocycles. The average Bonchev–Trinajstić information content (AvgIpc) is 3.45. The number of piperidine rings is 1. The van der Waals surface area contributed by atoms with Gasteiger partial charge in [-0.3, -0.25) is 4.79 Å². The van der Waals surface area contributed by atoms with Gasteiger partial charge in [-0.1, -0.05) is 22.9 Å². The maximum Gasteiger partial charge on any atom is 0.387 e. The molecular formula is C22H20ClF2N7O2S. The summed E-state index contributed by atoms with van der Waals surface area (Å²) in [7, 11) is 0. The molecule has 4 heterocycles. The maximum atomic E-state index is 13.2. The number of alkyl halides is 2. The number of hydrogen-bond donors (Lipinski definition) is 2. The standard InChI is InChI=1S/C22H20ClF2N7O2S/c23-12-2-3-16(34-21(24)25)14(10-12)17-20(35-22(29-17)31-8-4-13(26)5-9-31)30-19(33)15-11-28-32-7-1-6-27-18(15)32/h1-3,6-7,10-11,13,21H,4-5,8-9,26H2,(H,30,33). The molecule has 0 spiro atoms. The van der Waals surface area contributed by atoms with E-state index < -0.39 is 12.5 Å². The minimum absolute atomic E-state index is 0.102. The summed E-state index contributed by atoms with van der Waals surface area (Å²) < 4.78 is 32.4. The van der Waals surface area contributed by atoms with E-state index in [1.54, 1.807) is 18.5 Å². The normalized spacial score (nSPS) is 14.6. The number of hydrogen-bond acceptors (Lipinski definition) is 8. The molecule has 1 aliphatic rings. The Bertz CT molecular complexity index is 1370. The number of carbonyl (C=O) groups is 1. The number of fused-ring (bicyclic) bond motifs is 1. The zero-order valence-electron chi connectivity index (χ0n) is 18.2. The van der Waals surface area contributed by atoms with Crippen LogP contribution in [0.5, 0.6) is 5.75 Å². The number of halogens is 3. The fraction of sp³-hybridized carbons (Fsp3) is 0.273. The minimum Gasteiger partial charge on any atom is -0.434 e. The van der Waals surface area contributed by atoms with Crippen LogP contribution in [-0.2, 0) is 0 Å². The third-order valence-corrected chi connectivity index (χ3v) is 6.86. The zero-order valence-corrected chi connectivity index (χ0v) is 19.8. The van der Waals surface area contributed by atoms with Crippen LogP contribution in [-0.4, -0.2) is 51.2 Å². The summed E-state index contributed by atoms with van der Waals surface area (Å²) in [5, 5.41) is 8.30. The molecule has 1 amide bonds. The highest BCUT2D eigenvalue weighted by atomic mass is 35.5. The van der Waals surface area contributed by atoms with Gasteiger partial charge >= 0.3 is 6.61 Å². The predicted molar refractivity (Wildman–Crippen MR) is 130 cm³/mol. The Balaban J connectivity index is 1.56. The highest BCUT2D eigenvalue weighted by Crippen LogP contribution is 2.43. The predicted octanol–water partition coefficient (Wildman–Crippen LogP) is 4.29. The number of nitrogens with one attached hydrogen (secondary N) is 1. The summed E-state index contributed by atoms with van der Waals surface area (Å²) >= 11 is 7.42. The molecule has 0 aliphatic carbocycles. The van der Waals surface area contributed by atoms with E-state index in [0.29, 0.717) is 33.9 Å². The van der Waals surface area contributed by atoms with Crippen LogP contribution in [0, 0.1) is 0 Å². The lowest BCUT2D eigenvalue weighted by Gasteiger charge is -2.29. The highest BCUT2D eigenvalue weighted by molar-refractivity contribution is 7.20. The largest absolute Gasteiger partial charge is 0.434 e. The summed E-state index contributed by atoms with van der Waals surface area (Å²) in [6.07, 6.45) is 6.24. The second-order valence-corrected chi connectivity index (χ2v) is 9.33. The van der Waals surface area contributed by atoms with Crippen molar-refractivity contribution in [2.45, 2.75) is 25.5 Å². The van der Waals surface area contributed by atoms with Gasteiger partial charge < -0.3 is 20.7 Å². The van der Waals surface area contributed by atoms with Crippen molar-refractivity contribution in [1.82, 2.24) is 19.6 Å². The quantitative estimate of drug-likeness (QED) is 0.391. The van der Waals surface area contributed by atoms with Gasteiger partial charge in [-0.25, -0.2) is 14.5 Å². The van der Waals surface area contributed by atoms with Gasteiger partial charge in [0.15, 0.2) is 10.8 Å². The smallest absolute Gasteiger partial charge is 0.387 e. The maximum absolute atomic E-state index is 13.2. The molecule has 0 radical (unpaired) electrons. The molecule has 0 bridgehead atoms. The molecule has 3 N–H and O–H groups in total. The van der Waals surface area contributed by atoms with E-state index in [0.717, 1.165) is 12.8 Å². The number of benzene rings is 1. The molecule has 0 unspecified atom stereocenters. The molecule has 182 valence electrons. The van der Waals surface area contributed by atoms with Gasteiger partial charge in [0, 0.05) is 42.1 Å². The molecule has 35 heavy (non-hydrogen) atoms. The van der Waals surface area contributed by atoms with E-state index in [-0.39, 0.29) is 28.6 Å². The Hall–Kier alpha value is -3.35. The van der Waals surface area contributed by atoms with Crippen LogP contribution in [0.3, 0.4) is 0 Å². The summed E-state index contributed by atoms with van der Waals surface area (Å²) in [5.74, 6) is -0.566. The molecule has 13 heteroatoms. The third-order valence-electron chi connectivity index (χ3n) is 5.59. The number of carbonyl (C=O) groups excluding carboxylic acids is 1. The number of aromatic nitrogens is 4. The van der Waals surface area contributed by atoms with Crippen LogP contribution in [0.15, 0.2) is 42.9 Å². The van der Waals surface area contributed by atoms with Gasteiger partial charge in [-0.15, -0.1) is 0 Å². The Morgan fingerprint density at radius 2 is 2.11 bits per heavy atom. The van der Waals surface area contributed by atoms with Crippen molar-refractivity contribution >= 4 is 44.6 Å². The first-order chi connectivity index (χ1) is 16.9. The van der Waals surface area contributed by atoms with Crippen molar-refractivity contribution < 1.29 is 18.3 Å². The van der Waals surface area contributed by atoms with Gasteiger partial charge in [0.1, 0.15) is 22.0 Å². The van der Waals surface area contributed by atoms with Crippen molar-refractivity contribution in [1.29, 1.82) is 0 Å². The first-order valence-electron chi connectivity index (χ1n) is 10.7. The van der Waals surface area contributed by atoms with Crippen molar-refractivity contribution in [3.63, 3.8) is 0 Å². The number of nitrogens with zero attached hydrogens (tertiary/aromatic N) is 5. The fourth-order valence-corrected chi connectivity index (χ4v) is 5.05. The van der Waals surface area contributed by atoms with Crippen molar-refractivity contribution in [2.75, 3.05) is 23.3 Å². The molecule has 0 saturated carbocycles. The Morgan fingerprint density at radius 1 is 1.31 bits per heavy atom. The Morgan fingerprint density at radius 3 is 2.89 bits per heavy atom. The lowest BCUT2D eigenvalue weighted by atomic mass is 10.1. The zero-order chi connectivity index (χ0) is 24.5. The number of thiazole rings is 1. The van der Waals surface area contributed by atoms with Crippen LogP contribution in [0.2, 0.25) is 5.02 Å². The first-order valence-corrected chi connectivity index (χ1v) is 11.9. The summed E-state index contributed by atoms with van der Waals surface area (Å²) in [6.45, 7) is -1.66. The van der Waals surface area contributed by atoms with Crippen molar-refractivity contribution in [2.24, 2.45) is 5.73 Å². The lowest BCUT2D eigenvalue weighted by molar-refractivity contribution is -0.0494. The molecule has 5 rings (SSSR count). The monoisotopic (exact) mass is 519 g/mol. The number of ether oxygens (including phenoxy) is 1. The molecule has 4 aromatic rings. The van der Waals surface area contributed by atoms with Crippen LogP contribution in [0.25, 0.3) is 16.9 Å². The van der Waals surface area contributed by atoms with Crippen molar-refractivity contribution in [3.8, 4) is 17.0 Å². The lowest BCUT2D eigenvalue weighted by Crippen LogP contribution is -2.39. The molecule has 0 atom stereocenters. The van der Waals surface area contributed by atoms with Gasteiger partial charge in [0.05, 0.1) is 6.20 Å². The summed E-state index contributed by atoms with van der Waals surface area (Å²) in [4.78, 5) is 24.2. The summed E-state index contributed by atoms with van der Waals surface area (Å²) in [5.41, 5.74) is 7.18. The number of anilines is 2. The van der Waals surface area contributed by atoms with Gasteiger partial charge in [0.2, 0.25) is 0 Å². The van der Waals surface area contributed by atoms with Crippen LogP contribution in [0.4, 0.5) is 18.9 Å². The Labute approximate surface area is 207 Å². The van der Waals surface area contributed by atoms with Crippen LogP contribution >= 0.6 is 22.9 Å². The molecule has 1 aromatic carbocycles. The van der Waals surface area contributed by atoms with E-state index in [9.17, 15) is 13.6 Å². The minimum atomic E-state index is -3.04. The van der Waals surface area contributed by atoms with Gasteiger partial charge in [-0.05, 0) is 37.1 Å². The topological polar surface area (TPSA) is 111 Å². The van der Waals surface area contributed by atoms with Crippen LogP contribution in [0.1, 0.15) is 23.2 Å². The highest BCUT2D eigenvalue weighted by Gasteiger charge is 2.26. The van der Waals surface area contributed by atoms with E-state index in [1.165, 1.54) is 40.2 Å². The molecule has 9 nitrogen and oxygen atoms in total. The molecule has 1 fully saturated rings. The second kappa shape index (κ2) is 9.72. The van der Waals surface area contributed by atoms with Gasteiger partial charge in [-0.2, -0.15) is 13.9 Å². The van der Waals surface area contributed by atoms with E-state index in [2.05, 4.69) is 20.3 Å². The van der Waals surface area contributed by atoms with Crippen LogP contribution < -0.4 is 20.7 Å². The number of amides is 1. The SMILES string of the molecule is NC1CCN(c2nc(-c3cc(Cl)ccc3OC(F)F)c(NC(=O)c3cnn4cccnc34)s2)CC1. The molecular weight excluding hydrogens is 500 g/mol. The van der Waals surface area contributed by atoms with Crippen molar-refractivity contribution in [3.05, 3.63) is 53.4 Å². The average molecular weight is 520 g/mol. The van der Waals surface area contributed by atoms with Gasteiger partial charge in [0.25, 0.3) is 5.91 Å². The summed E-state index contributed by atoms with van der Waals surface area (Å²) in [6, 6.07) is 6.10. The first kappa shape index (κ1) is 23.4. The van der Waals surface area contributed by atoms with E-state index in [1.807, 2.05) is 0 Å². The number of rotatable bonds is 6. The number of nitrogens with two attached hydrogens (primary N) is 1. The van der Waals surface area contributed by atoms with E-state index >= 15 is 0 Å². The second-order valence-electron chi connectivity index (χ2n) is 7.92. The van der Waals surface area contributed by atoms with E-state index in [4.69, 9.17) is 27.1 Å².